The summed E-state index contributed by atoms with van der Waals surface area (Å²) in [6.45, 7) is 3.44. The third-order valence-corrected chi connectivity index (χ3v) is 1.72. The molecule has 100 valence electrons. The minimum Gasteiger partial charge on any atom is -0.473 e. The third-order valence-electron chi connectivity index (χ3n) is 1.72. The second-order valence-corrected chi connectivity index (χ2v) is 3.66. The lowest BCUT2D eigenvalue weighted by Gasteiger charge is -2.03. The summed E-state index contributed by atoms with van der Waals surface area (Å²) in [5.74, 6) is -3.18. The molecule has 18 heavy (non-hydrogen) atoms. The van der Waals surface area contributed by atoms with Gasteiger partial charge in [-0.2, -0.15) is 0 Å². The molecular formula is C11H15FN2O4. The van der Waals surface area contributed by atoms with Gasteiger partial charge in [0.05, 0.1) is 0 Å². The summed E-state index contributed by atoms with van der Waals surface area (Å²) < 4.78 is 12.6. The number of rotatable bonds is 2. The fraction of sp³-hybridized carbons (Fsp3) is 0.364. The first-order valence-electron chi connectivity index (χ1n) is 5.05. The molecule has 0 aliphatic heterocycles. The first-order valence-corrected chi connectivity index (χ1v) is 5.05. The number of nitrogens with two attached hydrogens (primary N) is 1. The van der Waals surface area contributed by atoms with E-state index >= 15 is 0 Å². The van der Waals surface area contributed by atoms with Crippen LogP contribution in [0.2, 0.25) is 0 Å². The zero-order valence-corrected chi connectivity index (χ0v) is 10.1. The van der Waals surface area contributed by atoms with Crippen LogP contribution in [0, 0.1) is 6.92 Å². The van der Waals surface area contributed by atoms with Crippen molar-refractivity contribution < 1.29 is 24.2 Å². The Morgan fingerprint density at radius 2 is 1.89 bits per heavy atom. The number of halogens is 1. The van der Waals surface area contributed by atoms with E-state index in [0.29, 0.717) is 12.2 Å². The van der Waals surface area contributed by atoms with E-state index in [1.807, 2.05) is 13.0 Å². The topological polar surface area (TPSA) is 114 Å². The molecule has 0 amide bonds. The van der Waals surface area contributed by atoms with Crippen molar-refractivity contribution in [1.29, 1.82) is 0 Å². The monoisotopic (exact) mass is 258 g/mol. The molecule has 1 rings (SSSR count). The van der Waals surface area contributed by atoms with Crippen LogP contribution in [-0.2, 0) is 16.0 Å². The maximum atomic E-state index is 12.6. The maximum Gasteiger partial charge on any atom is 0.414 e. The van der Waals surface area contributed by atoms with E-state index in [1.165, 1.54) is 6.92 Å². The fourth-order valence-electron chi connectivity index (χ4n) is 1.16. The van der Waals surface area contributed by atoms with Crippen LogP contribution in [0.5, 0.6) is 0 Å². The standard InChI is InChI=1S/C9H13FN2.C2H2O4/c1-6-3-8(5-7(2)10)12-9(11)4-6;3-1(4)2(5)6/h3-4,7H,5H2,1-2H3,(H2,11,12);(H,3,4)(H,5,6). The molecule has 0 radical (unpaired) electrons. The average molecular weight is 258 g/mol. The zero-order chi connectivity index (χ0) is 14.3. The summed E-state index contributed by atoms with van der Waals surface area (Å²) in [6.07, 6.45) is -0.523. The van der Waals surface area contributed by atoms with Gasteiger partial charge in [-0.1, -0.05) is 0 Å². The van der Waals surface area contributed by atoms with Crippen LogP contribution in [0.1, 0.15) is 18.2 Å². The summed E-state index contributed by atoms with van der Waals surface area (Å²) in [7, 11) is 0. The van der Waals surface area contributed by atoms with Gasteiger partial charge in [0.1, 0.15) is 12.0 Å². The highest BCUT2D eigenvalue weighted by molar-refractivity contribution is 6.27. The molecule has 6 nitrogen and oxygen atoms in total. The first-order chi connectivity index (χ1) is 8.22. The van der Waals surface area contributed by atoms with Crippen LogP contribution in [-0.4, -0.2) is 33.3 Å². The molecule has 1 aromatic rings. The Morgan fingerprint density at radius 3 is 2.22 bits per heavy atom. The summed E-state index contributed by atoms with van der Waals surface area (Å²) >= 11 is 0. The van der Waals surface area contributed by atoms with Crippen molar-refractivity contribution >= 4 is 17.8 Å². The van der Waals surface area contributed by atoms with Gasteiger partial charge in [-0.3, -0.25) is 0 Å². The average Bonchev–Trinajstić information content (AvgIpc) is 2.14. The molecule has 4 N–H and O–H groups in total. The van der Waals surface area contributed by atoms with Gasteiger partial charge >= 0.3 is 11.9 Å². The predicted molar refractivity (Wildman–Crippen MR) is 62.9 cm³/mol. The van der Waals surface area contributed by atoms with Crippen LogP contribution >= 0.6 is 0 Å². The Labute approximate surface area is 103 Å². The highest BCUT2D eigenvalue weighted by atomic mass is 19.1. The Balaban J connectivity index is 0.000000411. The van der Waals surface area contributed by atoms with Crippen LogP contribution in [0.3, 0.4) is 0 Å². The van der Waals surface area contributed by atoms with Crippen LogP contribution in [0.25, 0.3) is 0 Å². The van der Waals surface area contributed by atoms with Crippen molar-refractivity contribution in [2.45, 2.75) is 26.4 Å². The summed E-state index contributed by atoms with van der Waals surface area (Å²) in [4.78, 5) is 22.2. The summed E-state index contributed by atoms with van der Waals surface area (Å²) in [6, 6.07) is 3.62. The third kappa shape index (κ3) is 7.15. The van der Waals surface area contributed by atoms with Gasteiger partial charge in [-0.25, -0.2) is 19.0 Å². The minimum atomic E-state index is -1.82. The number of pyridine rings is 1. The Hall–Kier alpha value is -2.18. The molecule has 7 heteroatoms. The number of anilines is 1. The quantitative estimate of drug-likeness (QED) is 0.683. The Kier molecular flexibility index (Phi) is 6.33. The van der Waals surface area contributed by atoms with Crippen molar-refractivity contribution in [3.05, 3.63) is 23.4 Å². The van der Waals surface area contributed by atoms with Gasteiger partial charge in [0.25, 0.3) is 0 Å². The number of carboxylic acids is 2. The lowest BCUT2D eigenvalue weighted by molar-refractivity contribution is -0.159. The van der Waals surface area contributed by atoms with E-state index in [1.54, 1.807) is 6.07 Å². The highest BCUT2D eigenvalue weighted by Crippen LogP contribution is 2.09. The van der Waals surface area contributed by atoms with Crippen molar-refractivity contribution in [3.63, 3.8) is 0 Å². The van der Waals surface area contributed by atoms with E-state index in [4.69, 9.17) is 25.5 Å². The molecule has 0 bridgehead atoms. The molecule has 0 spiro atoms. The van der Waals surface area contributed by atoms with Gasteiger partial charge < -0.3 is 15.9 Å². The number of aromatic nitrogens is 1. The number of alkyl halides is 1. The molecule has 0 aromatic carbocycles. The second-order valence-electron chi connectivity index (χ2n) is 3.66. The van der Waals surface area contributed by atoms with Crippen molar-refractivity contribution in [3.8, 4) is 0 Å². The fourth-order valence-corrected chi connectivity index (χ4v) is 1.16. The summed E-state index contributed by atoms with van der Waals surface area (Å²) in [5.41, 5.74) is 7.25. The van der Waals surface area contributed by atoms with E-state index in [2.05, 4.69) is 4.98 Å². The van der Waals surface area contributed by atoms with Gasteiger partial charge in [0.15, 0.2) is 0 Å². The van der Waals surface area contributed by atoms with E-state index in [-0.39, 0.29) is 0 Å². The van der Waals surface area contributed by atoms with E-state index in [0.717, 1.165) is 11.3 Å². The first kappa shape index (κ1) is 15.8. The van der Waals surface area contributed by atoms with Crippen LogP contribution in [0.15, 0.2) is 12.1 Å². The molecule has 1 atom stereocenters. The van der Waals surface area contributed by atoms with Gasteiger partial charge in [0.2, 0.25) is 0 Å². The number of aliphatic carboxylic acids is 2. The Morgan fingerprint density at radius 1 is 1.39 bits per heavy atom. The molecule has 0 saturated carbocycles. The Bertz CT molecular complexity index is 403. The number of nitrogen functional groups attached to an aromatic ring is 1. The van der Waals surface area contributed by atoms with Gasteiger partial charge in [-0.05, 0) is 31.5 Å². The molecular weight excluding hydrogens is 243 g/mol. The normalized spacial score (nSPS) is 11.1. The smallest absolute Gasteiger partial charge is 0.414 e. The molecule has 0 saturated heterocycles. The number of carboxylic acid groups (broad SMARTS) is 2. The van der Waals surface area contributed by atoms with E-state index < -0.39 is 18.1 Å². The lowest BCUT2D eigenvalue weighted by atomic mass is 10.1. The SMILES string of the molecule is Cc1cc(N)nc(CC(C)F)c1.O=C(O)C(=O)O. The summed E-state index contributed by atoms with van der Waals surface area (Å²) in [5, 5.41) is 14.8. The second kappa shape index (κ2) is 7.21. The number of hydrogen-bond acceptors (Lipinski definition) is 4. The van der Waals surface area contributed by atoms with Crippen LogP contribution in [0.4, 0.5) is 10.2 Å². The van der Waals surface area contributed by atoms with Crippen molar-refractivity contribution in [1.82, 2.24) is 4.98 Å². The molecule has 1 unspecified atom stereocenters. The molecule has 1 aromatic heterocycles. The van der Waals surface area contributed by atoms with Gasteiger partial charge in [-0.15, -0.1) is 0 Å². The molecule has 1 heterocycles. The van der Waals surface area contributed by atoms with Gasteiger partial charge in [0, 0.05) is 12.1 Å². The van der Waals surface area contributed by atoms with E-state index in [9.17, 15) is 4.39 Å². The number of carbonyl (C=O) groups is 2. The van der Waals surface area contributed by atoms with Crippen molar-refractivity contribution in [2.24, 2.45) is 0 Å². The predicted octanol–water partition coefficient (Wildman–Crippen LogP) is 1.03. The molecule has 0 fully saturated rings. The molecule has 0 aliphatic carbocycles. The molecule has 0 aliphatic rings. The minimum absolute atomic E-state index is 0.339. The lowest BCUT2D eigenvalue weighted by Crippen LogP contribution is -2.09. The number of nitrogens with zero attached hydrogens (tertiary/aromatic N) is 1. The number of hydrogen-bond donors (Lipinski definition) is 3. The maximum absolute atomic E-state index is 12.6. The highest BCUT2D eigenvalue weighted by Gasteiger charge is 2.04. The van der Waals surface area contributed by atoms with Crippen LogP contribution < -0.4 is 5.73 Å². The number of aryl methyl sites for hydroxylation is 1. The largest absolute Gasteiger partial charge is 0.473 e. The zero-order valence-electron chi connectivity index (χ0n) is 10.1. The van der Waals surface area contributed by atoms with Crippen molar-refractivity contribution in [2.75, 3.05) is 5.73 Å².